The van der Waals surface area contributed by atoms with Crippen LogP contribution in [0, 0.1) is 0 Å². The molecule has 0 aromatic heterocycles. The van der Waals surface area contributed by atoms with Crippen LogP contribution in [0.1, 0.15) is 6.92 Å². The number of methoxy groups -OCH3 is 1. The molecule has 0 spiro atoms. The number of ether oxygens (including phenoxy) is 3. The Morgan fingerprint density at radius 2 is 2.33 bits per heavy atom. The van der Waals surface area contributed by atoms with Crippen LogP contribution >= 0.6 is 0 Å². The van der Waals surface area contributed by atoms with Crippen molar-refractivity contribution in [1.29, 1.82) is 0 Å². The van der Waals surface area contributed by atoms with Gasteiger partial charge in [-0.05, 0) is 19.1 Å². The number of anilines is 1. The van der Waals surface area contributed by atoms with E-state index in [1.54, 1.807) is 14.0 Å². The minimum absolute atomic E-state index is 0.275. The molecule has 0 aliphatic carbocycles. The van der Waals surface area contributed by atoms with Crippen LogP contribution in [-0.4, -0.2) is 38.4 Å². The van der Waals surface area contributed by atoms with Crippen molar-refractivity contribution in [2.45, 2.75) is 19.1 Å². The maximum atomic E-state index is 11.9. The molecule has 0 fully saturated rings. The molecule has 1 aliphatic rings. The van der Waals surface area contributed by atoms with Crippen LogP contribution in [0.2, 0.25) is 0 Å². The molecule has 1 N–H and O–H groups in total. The van der Waals surface area contributed by atoms with E-state index in [1.807, 2.05) is 24.3 Å². The Bertz CT molecular complexity index is 421. The molecule has 2 atom stereocenters. The number of hydrogen-bond acceptors (Lipinski definition) is 5. The summed E-state index contributed by atoms with van der Waals surface area (Å²) < 4.78 is 15.7. The van der Waals surface area contributed by atoms with E-state index >= 15 is 0 Å². The molecule has 1 heterocycles. The van der Waals surface area contributed by atoms with Gasteiger partial charge in [-0.25, -0.2) is 4.79 Å². The van der Waals surface area contributed by atoms with E-state index in [1.165, 1.54) is 0 Å². The van der Waals surface area contributed by atoms with Crippen molar-refractivity contribution in [2.75, 3.05) is 25.6 Å². The maximum Gasteiger partial charge on any atom is 0.349 e. The molecular weight excluding hydrogens is 234 g/mol. The average Bonchev–Trinajstić information content (AvgIpc) is 2.38. The smallest absolute Gasteiger partial charge is 0.349 e. The largest absolute Gasteiger partial charge is 0.475 e. The Morgan fingerprint density at radius 3 is 3.11 bits per heavy atom. The highest BCUT2D eigenvalue weighted by Crippen LogP contribution is 2.28. The SMILES string of the molecule is COCC(C)OC(=O)C1CNc2ccccc2O1. The molecular formula is C13H17NO4. The Balaban J connectivity index is 1.94. The van der Waals surface area contributed by atoms with Crippen LogP contribution in [0.5, 0.6) is 5.75 Å². The molecule has 18 heavy (non-hydrogen) atoms. The predicted molar refractivity (Wildman–Crippen MR) is 66.8 cm³/mol. The van der Waals surface area contributed by atoms with Crippen molar-refractivity contribution >= 4 is 11.7 Å². The second-order valence-corrected chi connectivity index (χ2v) is 4.19. The lowest BCUT2D eigenvalue weighted by molar-refractivity contribution is -0.158. The molecule has 2 rings (SSSR count). The van der Waals surface area contributed by atoms with Gasteiger partial charge in [-0.15, -0.1) is 0 Å². The minimum atomic E-state index is -0.612. The molecule has 2 unspecified atom stereocenters. The van der Waals surface area contributed by atoms with E-state index in [-0.39, 0.29) is 12.1 Å². The maximum absolute atomic E-state index is 11.9. The van der Waals surface area contributed by atoms with Crippen molar-refractivity contribution in [3.05, 3.63) is 24.3 Å². The van der Waals surface area contributed by atoms with Crippen LogP contribution in [-0.2, 0) is 14.3 Å². The zero-order valence-corrected chi connectivity index (χ0v) is 10.5. The number of nitrogens with one attached hydrogen (secondary N) is 1. The third-order valence-corrected chi connectivity index (χ3v) is 2.62. The standard InChI is InChI=1S/C13H17NO4/c1-9(8-16-2)17-13(15)12-7-14-10-5-3-4-6-11(10)18-12/h3-6,9,12,14H,7-8H2,1-2H3. The van der Waals surface area contributed by atoms with Crippen LogP contribution in [0.3, 0.4) is 0 Å². The van der Waals surface area contributed by atoms with Crippen molar-refractivity contribution in [2.24, 2.45) is 0 Å². The summed E-state index contributed by atoms with van der Waals surface area (Å²) in [5.74, 6) is 0.298. The summed E-state index contributed by atoms with van der Waals surface area (Å²) in [7, 11) is 1.57. The van der Waals surface area contributed by atoms with Gasteiger partial charge in [0.25, 0.3) is 0 Å². The Labute approximate surface area is 106 Å². The van der Waals surface area contributed by atoms with Crippen LogP contribution in [0.15, 0.2) is 24.3 Å². The molecule has 98 valence electrons. The minimum Gasteiger partial charge on any atom is -0.475 e. The number of fused-ring (bicyclic) bond motifs is 1. The average molecular weight is 251 g/mol. The molecule has 0 saturated carbocycles. The third kappa shape index (κ3) is 2.92. The summed E-state index contributed by atoms with van der Waals surface area (Å²) in [5.41, 5.74) is 0.895. The number of benzene rings is 1. The summed E-state index contributed by atoms with van der Waals surface area (Å²) in [6.07, 6.45) is -0.887. The Hall–Kier alpha value is -1.75. The van der Waals surface area contributed by atoms with Gasteiger partial charge in [0, 0.05) is 7.11 Å². The summed E-state index contributed by atoms with van der Waals surface area (Å²) in [6.45, 7) is 2.57. The lowest BCUT2D eigenvalue weighted by Crippen LogP contribution is -2.40. The van der Waals surface area contributed by atoms with Crippen molar-refractivity contribution in [3.8, 4) is 5.75 Å². The summed E-state index contributed by atoms with van der Waals surface area (Å²) in [6, 6.07) is 7.50. The number of carbonyl (C=O) groups is 1. The zero-order chi connectivity index (χ0) is 13.0. The van der Waals surface area contributed by atoms with E-state index in [4.69, 9.17) is 14.2 Å². The van der Waals surface area contributed by atoms with Gasteiger partial charge in [-0.1, -0.05) is 12.1 Å². The fourth-order valence-corrected chi connectivity index (χ4v) is 1.79. The first-order chi connectivity index (χ1) is 8.70. The van der Waals surface area contributed by atoms with Gasteiger partial charge in [0.15, 0.2) is 0 Å². The number of para-hydroxylation sites is 2. The third-order valence-electron chi connectivity index (χ3n) is 2.62. The fraction of sp³-hybridized carbons (Fsp3) is 0.462. The zero-order valence-electron chi connectivity index (χ0n) is 10.5. The second-order valence-electron chi connectivity index (χ2n) is 4.19. The first-order valence-electron chi connectivity index (χ1n) is 5.89. The molecule has 1 aromatic carbocycles. The topological polar surface area (TPSA) is 56.8 Å². The van der Waals surface area contributed by atoms with Gasteiger partial charge in [0.1, 0.15) is 11.9 Å². The lowest BCUT2D eigenvalue weighted by Gasteiger charge is -2.26. The monoisotopic (exact) mass is 251 g/mol. The van der Waals surface area contributed by atoms with Crippen LogP contribution in [0.4, 0.5) is 5.69 Å². The molecule has 0 radical (unpaired) electrons. The molecule has 1 aliphatic heterocycles. The van der Waals surface area contributed by atoms with Crippen LogP contribution in [0.25, 0.3) is 0 Å². The quantitative estimate of drug-likeness (QED) is 0.820. The van der Waals surface area contributed by atoms with Crippen molar-refractivity contribution in [1.82, 2.24) is 0 Å². The van der Waals surface area contributed by atoms with E-state index in [0.29, 0.717) is 18.9 Å². The number of carbonyl (C=O) groups excluding carboxylic acids is 1. The van der Waals surface area contributed by atoms with Gasteiger partial charge >= 0.3 is 5.97 Å². The fourth-order valence-electron chi connectivity index (χ4n) is 1.79. The Kier molecular flexibility index (Phi) is 4.04. The van der Waals surface area contributed by atoms with Gasteiger partial charge < -0.3 is 19.5 Å². The Morgan fingerprint density at radius 1 is 1.56 bits per heavy atom. The second kappa shape index (κ2) is 5.73. The van der Waals surface area contributed by atoms with E-state index in [9.17, 15) is 4.79 Å². The van der Waals surface area contributed by atoms with Crippen molar-refractivity contribution in [3.63, 3.8) is 0 Å². The van der Waals surface area contributed by atoms with Gasteiger partial charge in [-0.2, -0.15) is 0 Å². The highest BCUT2D eigenvalue weighted by molar-refractivity contribution is 5.77. The predicted octanol–water partition coefficient (Wildman–Crippen LogP) is 1.44. The summed E-state index contributed by atoms with van der Waals surface area (Å²) >= 11 is 0. The van der Waals surface area contributed by atoms with E-state index < -0.39 is 6.10 Å². The first kappa shape index (κ1) is 12.7. The molecule has 5 nitrogen and oxygen atoms in total. The molecule has 1 aromatic rings. The van der Waals surface area contributed by atoms with E-state index in [2.05, 4.69) is 5.32 Å². The summed E-state index contributed by atoms with van der Waals surface area (Å²) in [5, 5.41) is 3.14. The molecule has 0 saturated heterocycles. The normalized spacial score (nSPS) is 19.1. The number of hydrogen-bond donors (Lipinski definition) is 1. The molecule has 0 amide bonds. The number of esters is 1. The van der Waals surface area contributed by atoms with Crippen molar-refractivity contribution < 1.29 is 19.0 Å². The highest BCUT2D eigenvalue weighted by Gasteiger charge is 2.28. The first-order valence-corrected chi connectivity index (χ1v) is 5.89. The molecule has 5 heteroatoms. The summed E-state index contributed by atoms with van der Waals surface area (Å²) in [4.78, 5) is 11.9. The lowest BCUT2D eigenvalue weighted by atomic mass is 10.2. The molecule has 0 bridgehead atoms. The number of rotatable bonds is 4. The van der Waals surface area contributed by atoms with E-state index in [0.717, 1.165) is 5.69 Å². The van der Waals surface area contributed by atoms with Gasteiger partial charge in [0.2, 0.25) is 6.10 Å². The van der Waals surface area contributed by atoms with Gasteiger partial charge in [0.05, 0.1) is 18.8 Å². The van der Waals surface area contributed by atoms with Gasteiger partial charge in [-0.3, -0.25) is 0 Å². The van der Waals surface area contributed by atoms with Crippen LogP contribution < -0.4 is 10.1 Å². The highest BCUT2D eigenvalue weighted by atomic mass is 16.6.